The third kappa shape index (κ3) is 2.53. The fourth-order valence-corrected chi connectivity index (χ4v) is 2.84. The van der Waals surface area contributed by atoms with E-state index in [1.165, 1.54) is 49.5 Å². The first kappa shape index (κ1) is 13.4. The molecule has 2 aromatic carbocycles. The summed E-state index contributed by atoms with van der Waals surface area (Å²) in [6, 6.07) is 11.5. The average Bonchev–Trinajstić information content (AvgIpc) is 2.39. The minimum atomic E-state index is -3.79. The molecule has 0 radical (unpaired) electrons. The number of nitrogens with two attached hydrogens (primary N) is 1. The molecular formula is C13H13FN2O2S. The van der Waals surface area contributed by atoms with E-state index >= 15 is 0 Å². The molecule has 0 unspecified atom stereocenters. The van der Waals surface area contributed by atoms with Crippen molar-refractivity contribution in [1.82, 2.24) is 0 Å². The summed E-state index contributed by atoms with van der Waals surface area (Å²) in [7, 11) is -2.48. The van der Waals surface area contributed by atoms with Crippen LogP contribution in [0.2, 0.25) is 0 Å². The lowest BCUT2D eigenvalue weighted by atomic mass is 10.3. The molecule has 2 aromatic rings. The average molecular weight is 280 g/mol. The number of hydrogen-bond donors (Lipinski definition) is 1. The molecule has 0 spiro atoms. The van der Waals surface area contributed by atoms with Crippen molar-refractivity contribution < 1.29 is 12.8 Å². The summed E-state index contributed by atoms with van der Waals surface area (Å²) in [5.74, 6) is -0.593. The van der Waals surface area contributed by atoms with Crippen LogP contribution in [-0.4, -0.2) is 15.5 Å². The molecule has 2 rings (SSSR count). The summed E-state index contributed by atoms with van der Waals surface area (Å²) in [5.41, 5.74) is 5.98. The summed E-state index contributed by atoms with van der Waals surface area (Å²) >= 11 is 0. The Morgan fingerprint density at radius 3 is 2.21 bits per heavy atom. The van der Waals surface area contributed by atoms with Gasteiger partial charge >= 0.3 is 0 Å². The van der Waals surface area contributed by atoms with Crippen LogP contribution < -0.4 is 10.0 Å². The van der Waals surface area contributed by atoms with E-state index in [4.69, 9.17) is 5.73 Å². The number of nitrogen functional groups attached to an aromatic ring is 1. The van der Waals surface area contributed by atoms with Gasteiger partial charge in [-0.05, 0) is 36.4 Å². The Kier molecular flexibility index (Phi) is 3.44. The smallest absolute Gasteiger partial charge is 0.264 e. The lowest BCUT2D eigenvalue weighted by Crippen LogP contribution is -2.27. The minimum absolute atomic E-state index is 0.000625. The van der Waals surface area contributed by atoms with E-state index in [1.54, 1.807) is 6.07 Å². The van der Waals surface area contributed by atoms with E-state index in [1.807, 2.05) is 0 Å². The van der Waals surface area contributed by atoms with Gasteiger partial charge < -0.3 is 5.73 Å². The van der Waals surface area contributed by atoms with Gasteiger partial charge in [0.1, 0.15) is 5.82 Å². The van der Waals surface area contributed by atoms with Crippen molar-refractivity contribution in [2.45, 2.75) is 4.90 Å². The lowest BCUT2D eigenvalue weighted by molar-refractivity contribution is 0.589. The molecule has 0 aliphatic heterocycles. The largest absolute Gasteiger partial charge is 0.399 e. The van der Waals surface area contributed by atoms with Gasteiger partial charge in [0.2, 0.25) is 0 Å². The third-order valence-electron chi connectivity index (χ3n) is 2.73. The topological polar surface area (TPSA) is 63.4 Å². The number of halogens is 1. The van der Waals surface area contributed by atoms with Crippen LogP contribution in [0.5, 0.6) is 0 Å². The van der Waals surface area contributed by atoms with Gasteiger partial charge in [0.05, 0.1) is 10.6 Å². The van der Waals surface area contributed by atoms with Gasteiger partial charge in [-0.25, -0.2) is 12.8 Å². The van der Waals surface area contributed by atoms with Gasteiger partial charge in [0.25, 0.3) is 10.0 Å². The van der Waals surface area contributed by atoms with E-state index < -0.39 is 15.8 Å². The lowest BCUT2D eigenvalue weighted by Gasteiger charge is -2.20. The van der Waals surface area contributed by atoms with Crippen LogP contribution in [-0.2, 0) is 10.0 Å². The molecule has 4 nitrogen and oxygen atoms in total. The summed E-state index contributed by atoms with van der Waals surface area (Å²) in [4.78, 5) is 0.0625. The molecule has 0 aliphatic carbocycles. The predicted molar refractivity (Wildman–Crippen MR) is 72.8 cm³/mol. The van der Waals surface area contributed by atoms with Crippen molar-refractivity contribution in [2.24, 2.45) is 0 Å². The second-order valence-corrected chi connectivity index (χ2v) is 5.96. The Morgan fingerprint density at radius 1 is 1.05 bits per heavy atom. The SMILES string of the molecule is CN(c1ccccc1F)S(=O)(=O)c1ccc(N)cc1. The molecule has 0 aliphatic rings. The number of sulfonamides is 1. The van der Waals surface area contributed by atoms with Crippen molar-refractivity contribution >= 4 is 21.4 Å². The van der Waals surface area contributed by atoms with Crippen LogP contribution in [0.25, 0.3) is 0 Å². The van der Waals surface area contributed by atoms with Gasteiger partial charge in [0.15, 0.2) is 0 Å². The number of nitrogens with zero attached hydrogens (tertiary/aromatic N) is 1. The summed E-state index contributed by atoms with van der Waals surface area (Å²) in [5, 5.41) is 0. The molecule has 0 aromatic heterocycles. The second kappa shape index (κ2) is 4.89. The van der Waals surface area contributed by atoms with Crippen LogP contribution in [0.15, 0.2) is 53.4 Å². The van der Waals surface area contributed by atoms with Crippen molar-refractivity contribution in [3.05, 3.63) is 54.3 Å². The van der Waals surface area contributed by atoms with Gasteiger partial charge in [-0.1, -0.05) is 12.1 Å². The maximum absolute atomic E-state index is 13.6. The predicted octanol–water partition coefficient (Wildman–Crippen LogP) is 2.23. The fourth-order valence-electron chi connectivity index (χ4n) is 1.63. The molecule has 19 heavy (non-hydrogen) atoms. The van der Waals surface area contributed by atoms with Crippen LogP contribution in [0.4, 0.5) is 15.8 Å². The molecule has 0 saturated carbocycles. The molecule has 0 saturated heterocycles. The third-order valence-corrected chi connectivity index (χ3v) is 4.52. The zero-order valence-electron chi connectivity index (χ0n) is 10.2. The number of para-hydroxylation sites is 1. The number of benzene rings is 2. The number of anilines is 2. The number of hydrogen-bond acceptors (Lipinski definition) is 3. The molecular weight excluding hydrogens is 267 g/mol. The van der Waals surface area contributed by atoms with Gasteiger partial charge in [-0.15, -0.1) is 0 Å². The van der Waals surface area contributed by atoms with E-state index in [0.717, 1.165) is 4.31 Å². The standard InChI is InChI=1S/C13H13FN2O2S/c1-16(13-5-3-2-4-12(13)14)19(17,18)11-8-6-10(15)7-9-11/h2-9H,15H2,1H3. The van der Waals surface area contributed by atoms with Crippen LogP contribution >= 0.6 is 0 Å². The van der Waals surface area contributed by atoms with Crippen molar-refractivity contribution in [3.8, 4) is 0 Å². The molecule has 0 bridgehead atoms. The molecule has 6 heteroatoms. The monoisotopic (exact) mass is 280 g/mol. The van der Waals surface area contributed by atoms with Gasteiger partial charge in [0, 0.05) is 12.7 Å². The quantitative estimate of drug-likeness (QED) is 0.877. The Hall–Kier alpha value is -2.08. The Labute approximate surface area is 111 Å². The zero-order valence-corrected chi connectivity index (χ0v) is 11.1. The molecule has 0 atom stereocenters. The van der Waals surface area contributed by atoms with E-state index in [0.29, 0.717) is 5.69 Å². The molecule has 2 N–H and O–H groups in total. The Bertz CT molecular complexity index is 684. The van der Waals surface area contributed by atoms with Crippen molar-refractivity contribution in [1.29, 1.82) is 0 Å². The van der Waals surface area contributed by atoms with Crippen LogP contribution in [0.3, 0.4) is 0 Å². The highest BCUT2D eigenvalue weighted by molar-refractivity contribution is 7.92. The van der Waals surface area contributed by atoms with E-state index in [-0.39, 0.29) is 10.6 Å². The first-order chi connectivity index (χ1) is 8.93. The summed E-state index contributed by atoms with van der Waals surface area (Å²) in [6.45, 7) is 0. The first-order valence-electron chi connectivity index (χ1n) is 5.52. The van der Waals surface area contributed by atoms with E-state index in [9.17, 15) is 12.8 Å². The summed E-state index contributed by atoms with van der Waals surface area (Å²) in [6.07, 6.45) is 0. The van der Waals surface area contributed by atoms with Crippen LogP contribution in [0, 0.1) is 5.82 Å². The second-order valence-electron chi connectivity index (χ2n) is 3.99. The molecule has 100 valence electrons. The number of rotatable bonds is 3. The van der Waals surface area contributed by atoms with Crippen molar-refractivity contribution in [2.75, 3.05) is 17.1 Å². The van der Waals surface area contributed by atoms with Gasteiger partial charge in [-0.3, -0.25) is 4.31 Å². The maximum Gasteiger partial charge on any atom is 0.264 e. The Balaban J connectivity index is 2.45. The van der Waals surface area contributed by atoms with Gasteiger partial charge in [-0.2, -0.15) is 0 Å². The summed E-state index contributed by atoms with van der Waals surface area (Å²) < 4.78 is 39.2. The highest BCUT2D eigenvalue weighted by atomic mass is 32.2. The fraction of sp³-hybridized carbons (Fsp3) is 0.0769. The zero-order chi connectivity index (χ0) is 14.0. The first-order valence-corrected chi connectivity index (χ1v) is 6.96. The molecule has 0 fully saturated rings. The highest BCUT2D eigenvalue weighted by Gasteiger charge is 2.22. The molecule has 0 amide bonds. The minimum Gasteiger partial charge on any atom is -0.399 e. The maximum atomic E-state index is 13.6. The Morgan fingerprint density at radius 2 is 1.63 bits per heavy atom. The molecule has 0 heterocycles. The highest BCUT2D eigenvalue weighted by Crippen LogP contribution is 2.24. The van der Waals surface area contributed by atoms with Crippen LogP contribution in [0.1, 0.15) is 0 Å². The normalized spacial score (nSPS) is 11.3. The van der Waals surface area contributed by atoms with E-state index in [2.05, 4.69) is 0 Å². The van der Waals surface area contributed by atoms with Crippen molar-refractivity contribution in [3.63, 3.8) is 0 Å².